The molecule has 4 rings (SSSR count). The number of nitrogens with one attached hydrogen (secondary N) is 1. The van der Waals surface area contributed by atoms with Gasteiger partial charge in [0.15, 0.2) is 11.0 Å². The Hall–Kier alpha value is -4.22. The molecule has 1 amide bonds. The molecule has 0 spiro atoms. The van der Waals surface area contributed by atoms with Crippen molar-refractivity contribution in [1.29, 1.82) is 0 Å². The highest BCUT2D eigenvalue weighted by atomic mass is 35.5. The lowest BCUT2D eigenvalue weighted by Gasteiger charge is -2.11. The predicted octanol–water partition coefficient (Wildman–Crippen LogP) is 5.06. The van der Waals surface area contributed by atoms with Crippen LogP contribution in [0.3, 0.4) is 0 Å². The van der Waals surface area contributed by atoms with Gasteiger partial charge in [0, 0.05) is 34.0 Å². The van der Waals surface area contributed by atoms with Gasteiger partial charge in [-0.15, -0.1) is 10.2 Å². The molecule has 0 atom stereocenters. The van der Waals surface area contributed by atoms with Crippen molar-refractivity contribution < 1.29 is 14.5 Å². The number of thioether (sulfide) groups is 1. The van der Waals surface area contributed by atoms with Crippen molar-refractivity contribution in [3.05, 3.63) is 93.0 Å². The number of aromatic nitrogens is 3. The number of benzene rings is 3. The van der Waals surface area contributed by atoms with Crippen molar-refractivity contribution in [2.45, 2.75) is 12.1 Å². The molecule has 37 heavy (non-hydrogen) atoms. The van der Waals surface area contributed by atoms with Gasteiger partial charge in [0.05, 0.1) is 24.0 Å². The van der Waals surface area contributed by atoms with E-state index in [9.17, 15) is 14.9 Å². The number of nitro groups is 1. The third kappa shape index (κ3) is 6.32. The number of non-ortho nitro benzene ring substituents is 1. The van der Waals surface area contributed by atoms with Gasteiger partial charge in [-0.05, 0) is 37.3 Å². The smallest absolute Gasteiger partial charge is 0.270 e. The van der Waals surface area contributed by atoms with Crippen molar-refractivity contribution in [2.24, 2.45) is 5.10 Å². The Morgan fingerprint density at radius 2 is 1.89 bits per heavy atom. The Balaban J connectivity index is 1.51. The average molecular weight is 537 g/mol. The number of hydrazone groups is 1. The van der Waals surface area contributed by atoms with Gasteiger partial charge >= 0.3 is 0 Å². The number of ether oxygens (including phenoxy) is 1. The van der Waals surface area contributed by atoms with Crippen LogP contribution in [0, 0.1) is 17.0 Å². The van der Waals surface area contributed by atoms with Crippen molar-refractivity contribution in [3.8, 4) is 22.8 Å². The van der Waals surface area contributed by atoms with Gasteiger partial charge in [-0.2, -0.15) is 5.10 Å². The van der Waals surface area contributed by atoms with E-state index in [0.717, 1.165) is 16.8 Å². The number of carbonyl (C=O) groups is 1. The van der Waals surface area contributed by atoms with E-state index < -0.39 is 10.8 Å². The number of hydrogen-bond acceptors (Lipinski definition) is 8. The fraction of sp³-hybridized carbons (Fsp3) is 0.120. The number of nitro benzene ring substituents is 1. The minimum atomic E-state index is -0.535. The Kier molecular flexibility index (Phi) is 8.16. The second kappa shape index (κ2) is 11.7. The minimum absolute atomic E-state index is 0.00218. The van der Waals surface area contributed by atoms with Gasteiger partial charge in [-0.25, -0.2) is 5.43 Å². The topological polar surface area (TPSA) is 125 Å². The molecule has 1 aromatic heterocycles. The van der Waals surface area contributed by atoms with E-state index in [1.54, 1.807) is 7.11 Å². The SMILES string of the molecule is COc1ccc(-n2c(SCC(=O)N/N=C\c3cc([N+](=O)[O-])ccc3Cl)nnc2-c2ccc(C)cc2)cc1. The van der Waals surface area contributed by atoms with Crippen molar-refractivity contribution in [1.82, 2.24) is 20.2 Å². The van der Waals surface area contributed by atoms with Gasteiger partial charge < -0.3 is 4.74 Å². The van der Waals surface area contributed by atoms with Crippen LogP contribution in [0.25, 0.3) is 17.1 Å². The first kappa shape index (κ1) is 25.9. The van der Waals surface area contributed by atoms with Crippen LogP contribution >= 0.6 is 23.4 Å². The number of amides is 1. The lowest BCUT2D eigenvalue weighted by Crippen LogP contribution is -2.20. The summed E-state index contributed by atoms with van der Waals surface area (Å²) in [5, 5.41) is 24.3. The molecule has 188 valence electrons. The van der Waals surface area contributed by atoms with Crippen LogP contribution in [0.1, 0.15) is 11.1 Å². The van der Waals surface area contributed by atoms with Gasteiger partial charge in [0.25, 0.3) is 11.6 Å². The van der Waals surface area contributed by atoms with E-state index in [2.05, 4.69) is 20.7 Å². The molecular formula is C25H21ClN6O4S. The molecule has 0 aliphatic heterocycles. The molecule has 0 saturated carbocycles. The van der Waals surface area contributed by atoms with E-state index >= 15 is 0 Å². The molecule has 0 aliphatic carbocycles. The number of halogens is 1. The summed E-state index contributed by atoms with van der Waals surface area (Å²) in [7, 11) is 1.60. The minimum Gasteiger partial charge on any atom is -0.497 e. The number of rotatable bonds is 9. The van der Waals surface area contributed by atoms with E-state index in [-0.39, 0.29) is 16.5 Å². The van der Waals surface area contributed by atoms with Crippen LogP contribution in [0.4, 0.5) is 5.69 Å². The summed E-state index contributed by atoms with van der Waals surface area (Å²) in [6, 6.07) is 19.3. The van der Waals surface area contributed by atoms with Gasteiger partial charge in [0.2, 0.25) is 0 Å². The van der Waals surface area contributed by atoms with E-state index in [1.807, 2.05) is 60.0 Å². The van der Waals surface area contributed by atoms with Gasteiger partial charge in [-0.1, -0.05) is 53.2 Å². The normalized spacial score (nSPS) is 11.0. The number of methoxy groups -OCH3 is 1. The molecule has 0 fully saturated rings. The number of nitrogens with zero attached hydrogens (tertiary/aromatic N) is 5. The molecule has 0 bridgehead atoms. The fourth-order valence-electron chi connectivity index (χ4n) is 3.30. The summed E-state index contributed by atoms with van der Waals surface area (Å²) in [6.07, 6.45) is 1.26. The molecular weight excluding hydrogens is 516 g/mol. The zero-order valence-corrected chi connectivity index (χ0v) is 21.4. The maximum absolute atomic E-state index is 12.5. The maximum Gasteiger partial charge on any atom is 0.270 e. The Bertz CT molecular complexity index is 1460. The second-order valence-corrected chi connectivity index (χ2v) is 9.10. The number of aryl methyl sites for hydroxylation is 1. The fourth-order valence-corrected chi connectivity index (χ4v) is 4.21. The zero-order chi connectivity index (χ0) is 26.4. The summed E-state index contributed by atoms with van der Waals surface area (Å²) in [5.74, 6) is 0.946. The first-order chi connectivity index (χ1) is 17.9. The Morgan fingerprint density at radius 1 is 1.16 bits per heavy atom. The van der Waals surface area contributed by atoms with Crippen LogP contribution in [0.5, 0.6) is 5.75 Å². The van der Waals surface area contributed by atoms with Crippen molar-refractivity contribution in [2.75, 3.05) is 12.9 Å². The third-order valence-corrected chi connectivity index (χ3v) is 6.46. The highest BCUT2D eigenvalue weighted by Crippen LogP contribution is 2.29. The molecule has 1 heterocycles. The molecule has 0 saturated heterocycles. The molecule has 12 heteroatoms. The van der Waals surface area contributed by atoms with Crippen molar-refractivity contribution in [3.63, 3.8) is 0 Å². The Labute approximate surface area is 221 Å². The van der Waals surface area contributed by atoms with Crippen LogP contribution in [0.15, 0.2) is 77.0 Å². The predicted molar refractivity (Wildman–Crippen MR) is 143 cm³/mol. The van der Waals surface area contributed by atoms with Crippen LogP contribution < -0.4 is 10.2 Å². The summed E-state index contributed by atoms with van der Waals surface area (Å²) in [6.45, 7) is 2.01. The van der Waals surface area contributed by atoms with E-state index in [0.29, 0.717) is 22.3 Å². The maximum atomic E-state index is 12.5. The summed E-state index contributed by atoms with van der Waals surface area (Å²) >= 11 is 7.25. The summed E-state index contributed by atoms with van der Waals surface area (Å²) in [5.41, 5.74) is 5.39. The lowest BCUT2D eigenvalue weighted by atomic mass is 10.1. The molecule has 10 nitrogen and oxygen atoms in total. The molecule has 0 aliphatic rings. The molecule has 0 radical (unpaired) electrons. The summed E-state index contributed by atoms with van der Waals surface area (Å²) in [4.78, 5) is 22.9. The zero-order valence-electron chi connectivity index (χ0n) is 19.8. The van der Waals surface area contributed by atoms with Crippen LogP contribution in [-0.2, 0) is 4.79 Å². The number of carbonyl (C=O) groups excluding carboxylic acids is 1. The first-order valence-corrected chi connectivity index (χ1v) is 12.3. The highest BCUT2D eigenvalue weighted by molar-refractivity contribution is 7.99. The van der Waals surface area contributed by atoms with E-state index in [4.69, 9.17) is 16.3 Å². The number of hydrogen-bond donors (Lipinski definition) is 1. The quantitative estimate of drug-likeness (QED) is 0.137. The molecule has 1 N–H and O–H groups in total. The molecule has 0 unspecified atom stereocenters. The average Bonchev–Trinajstić information content (AvgIpc) is 3.32. The highest BCUT2D eigenvalue weighted by Gasteiger charge is 2.17. The summed E-state index contributed by atoms with van der Waals surface area (Å²) < 4.78 is 7.13. The molecule has 3 aromatic carbocycles. The first-order valence-electron chi connectivity index (χ1n) is 10.9. The third-order valence-electron chi connectivity index (χ3n) is 5.19. The molecule has 4 aromatic rings. The largest absolute Gasteiger partial charge is 0.497 e. The monoisotopic (exact) mass is 536 g/mol. The standard InChI is InChI=1S/C25H21ClN6O4S/c1-16-3-5-17(6-4-16)24-29-30-25(31(24)19-7-10-21(36-2)11-8-19)37-15-23(33)28-27-14-18-13-20(32(34)35)9-12-22(18)26/h3-14H,15H2,1-2H3,(H,28,33)/b27-14-. The van der Waals surface area contributed by atoms with Gasteiger partial charge in [-0.3, -0.25) is 19.5 Å². The van der Waals surface area contributed by atoms with Crippen LogP contribution in [-0.4, -0.2) is 44.7 Å². The van der Waals surface area contributed by atoms with Crippen molar-refractivity contribution >= 4 is 41.2 Å². The van der Waals surface area contributed by atoms with Gasteiger partial charge in [0.1, 0.15) is 5.75 Å². The van der Waals surface area contributed by atoms with Crippen LogP contribution in [0.2, 0.25) is 5.02 Å². The lowest BCUT2D eigenvalue weighted by molar-refractivity contribution is -0.384. The second-order valence-electron chi connectivity index (χ2n) is 7.75. The van der Waals surface area contributed by atoms with E-state index in [1.165, 1.54) is 36.2 Å². The Morgan fingerprint density at radius 3 is 2.57 bits per heavy atom.